The third-order valence-corrected chi connectivity index (χ3v) is 3.38. The molecule has 0 aromatic heterocycles. The molecule has 0 aliphatic heterocycles. The van der Waals surface area contributed by atoms with Crippen LogP contribution in [0.3, 0.4) is 0 Å². The Hall–Kier alpha value is -0.600. The van der Waals surface area contributed by atoms with E-state index in [9.17, 15) is 17.8 Å². The number of hydrogen-bond donors (Lipinski definition) is 0. The minimum atomic E-state index is -4.49. The van der Waals surface area contributed by atoms with Crippen molar-refractivity contribution in [2.75, 3.05) is 6.61 Å². The van der Waals surface area contributed by atoms with E-state index in [1.807, 2.05) is 0 Å². The Labute approximate surface area is 146 Å². The van der Waals surface area contributed by atoms with E-state index >= 15 is 0 Å². The van der Waals surface area contributed by atoms with Crippen LogP contribution in [-0.2, 0) is 14.9 Å². The summed E-state index contributed by atoms with van der Waals surface area (Å²) in [7, 11) is -4.49. The predicted octanol–water partition coefficient (Wildman–Crippen LogP) is -0.310. The van der Waals surface area contributed by atoms with Gasteiger partial charge in [-0.05, 0) is 30.7 Å². The first-order valence-electron chi connectivity index (χ1n) is 6.34. The molecule has 1 rings (SSSR count). The summed E-state index contributed by atoms with van der Waals surface area (Å²) in [4.78, 5) is 10.9. The van der Waals surface area contributed by atoms with Gasteiger partial charge in [0.05, 0.1) is 11.5 Å². The Balaban J connectivity index is 0.00000400. The van der Waals surface area contributed by atoms with Gasteiger partial charge in [0, 0.05) is 0 Å². The molecule has 0 amide bonds. The van der Waals surface area contributed by atoms with Crippen LogP contribution in [0.2, 0.25) is 0 Å². The van der Waals surface area contributed by atoms with Crippen molar-refractivity contribution in [1.29, 1.82) is 0 Å². The average molecular weight is 324 g/mol. The van der Waals surface area contributed by atoms with Crippen molar-refractivity contribution in [2.45, 2.75) is 37.5 Å². The molecule has 112 valence electrons. The molecule has 0 N–H and O–H groups in total. The zero-order valence-corrected chi connectivity index (χ0v) is 15.0. The van der Waals surface area contributed by atoms with Crippen molar-refractivity contribution in [2.24, 2.45) is 0 Å². The predicted molar refractivity (Wildman–Crippen MR) is 70.5 cm³/mol. The first-order chi connectivity index (χ1) is 9.43. The molecular formula is C13H17NaO6S. The third-order valence-electron chi connectivity index (χ3n) is 2.53. The van der Waals surface area contributed by atoms with E-state index in [2.05, 4.69) is 6.92 Å². The maximum absolute atomic E-state index is 11.3. The van der Waals surface area contributed by atoms with Crippen LogP contribution in [0.4, 0.5) is 4.79 Å². The van der Waals surface area contributed by atoms with Gasteiger partial charge in [-0.1, -0.05) is 26.2 Å². The van der Waals surface area contributed by atoms with Gasteiger partial charge in [0.1, 0.15) is 15.9 Å². The Morgan fingerprint density at radius 1 is 1.14 bits per heavy atom. The molecule has 0 saturated heterocycles. The topological polar surface area (TPSA) is 92.7 Å². The monoisotopic (exact) mass is 324 g/mol. The van der Waals surface area contributed by atoms with Gasteiger partial charge in [-0.15, -0.1) is 0 Å². The van der Waals surface area contributed by atoms with Crippen LogP contribution in [0.1, 0.15) is 32.6 Å². The van der Waals surface area contributed by atoms with Crippen molar-refractivity contribution < 1.29 is 56.8 Å². The Kier molecular flexibility index (Phi) is 9.89. The fraction of sp³-hybridized carbons (Fsp3) is 0.462. The maximum Gasteiger partial charge on any atom is 1.00 e. The van der Waals surface area contributed by atoms with E-state index in [4.69, 9.17) is 9.47 Å². The van der Waals surface area contributed by atoms with Crippen LogP contribution in [-0.4, -0.2) is 25.7 Å². The van der Waals surface area contributed by atoms with Crippen molar-refractivity contribution in [3.63, 3.8) is 0 Å². The number of unbranched alkanes of at least 4 members (excludes halogenated alkanes) is 3. The summed E-state index contributed by atoms with van der Waals surface area (Å²) in [6, 6.07) is 4.60. The van der Waals surface area contributed by atoms with Crippen LogP contribution in [0.25, 0.3) is 0 Å². The molecule has 0 heterocycles. The summed E-state index contributed by atoms with van der Waals surface area (Å²) in [5.41, 5.74) is 0. The fourth-order valence-corrected chi connectivity index (χ4v) is 1.95. The molecular weight excluding hydrogens is 307 g/mol. The third kappa shape index (κ3) is 8.43. The standard InChI is InChI=1S/C13H18O6S.Na/c1-2-3-4-5-10-18-13(14)19-11-6-8-12(9-7-11)20(15,16)17;/h6-9H,2-5,10H2,1H3,(H,15,16,17);/q;+1/p-1. The summed E-state index contributed by atoms with van der Waals surface area (Å²) in [5.74, 6) is 0.121. The van der Waals surface area contributed by atoms with Gasteiger partial charge in [-0.3, -0.25) is 0 Å². The second-order valence-electron chi connectivity index (χ2n) is 4.19. The molecule has 0 saturated carbocycles. The molecule has 0 unspecified atom stereocenters. The summed E-state index contributed by atoms with van der Waals surface area (Å²) in [6.07, 6.45) is 3.10. The van der Waals surface area contributed by atoms with Gasteiger partial charge in [0.15, 0.2) is 0 Å². The van der Waals surface area contributed by atoms with Gasteiger partial charge in [0.25, 0.3) is 0 Å². The van der Waals surface area contributed by atoms with Gasteiger partial charge in [0.2, 0.25) is 0 Å². The number of benzene rings is 1. The molecule has 0 bridgehead atoms. The Morgan fingerprint density at radius 3 is 2.29 bits per heavy atom. The van der Waals surface area contributed by atoms with Gasteiger partial charge in [-0.25, -0.2) is 13.2 Å². The molecule has 0 radical (unpaired) electrons. The SMILES string of the molecule is CCCCCCOC(=O)Oc1ccc(S(=O)(=O)[O-])cc1.[Na+]. The smallest absolute Gasteiger partial charge is 0.744 e. The molecule has 1 aromatic carbocycles. The van der Waals surface area contributed by atoms with E-state index in [-0.39, 0.29) is 46.8 Å². The van der Waals surface area contributed by atoms with E-state index in [1.165, 1.54) is 12.1 Å². The Morgan fingerprint density at radius 2 is 1.76 bits per heavy atom. The van der Waals surface area contributed by atoms with Gasteiger partial charge in [-0.2, -0.15) is 0 Å². The second-order valence-corrected chi connectivity index (χ2v) is 5.57. The Bertz CT molecular complexity index is 526. The van der Waals surface area contributed by atoms with E-state index in [0.29, 0.717) is 0 Å². The minimum Gasteiger partial charge on any atom is -0.744 e. The zero-order chi connectivity index (χ0) is 15.0. The molecule has 0 aliphatic rings. The average Bonchev–Trinajstić information content (AvgIpc) is 2.38. The second kappa shape index (κ2) is 10.2. The normalized spacial score (nSPS) is 10.6. The van der Waals surface area contributed by atoms with Crippen LogP contribution < -0.4 is 34.3 Å². The minimum absolute atomic E-state index is 0. The van der Waals surface area contributed by atoms with Crippen molar-refractivity contribution in [1.82, 2.24) is 0 Å². The van der Waals surface area contributed by atoms with Crippen LogP contribution >= 0.6 is 0 Å². The number of hydrogen-bond acceptors (Lipinski definition) is 6. The van der Waals surface area contributed by atoms with Gasteiger partial charge >= 0.3 is 35.7 Å². The fourth-order valence-electron chi connectivity index (χ4n) is 1.48. The van der Waals surface area contributed by atoms with Crippen molar-refractivity contribution in [3.05, 3.63) is 24.3 Å². The quantitative estimate of drug-likeness (QED) is 0.225. The summed E-state index contributed by atoms with van der Waals surface area (Å²) >= 11 is 0. The number of carbonyl (C=O) groups excluding carboxylic acids is 1. The van der Waals surface area contributed by atoms with Crippen molar-refractivity contribution in [3.8, 4) is 5.75 Å². The maximum atomic E-state index is 11.3. The van der Waals surface area contributed by atoms with Crippen molar-refractivity contribution >= 4 is 16.3 Å². The number of carbonyl (C=O) groups is 1. The molecule has 1 aromatic rings. The van der Waals surface area contributed by atoms with E-state index in [1.54, 1.807) is 0 Å². The molecule has 0 spiro atoms. The van der Waals surface area contributed by atoms with Crippen LogP contribution in [0.5, 0.6) is 5.75 Å². The first kappa shape index (κ1) is 20.4. The largest absolute Gasteiger partial charge is 1.00 e. The first-order valence-corrected chi connectivity index (χ1v) is 7.75. The summed E-state index contributed by atoms with van der Waals surface area (Å²) in [6.45, 7) is 2.37. The van der Waals surface area contributed by atoms with Gasteiger partial charge < -0.3 is 14.0 Å². The molecule has 0 fully saturated rings. The molecule has 0 aliphatic carbocycles. The molecule has 8 heteroatoms. The molecule has 6 nitrogen and oxygen atoms in total. The molecule has 21 heavy (non-hydrogen) atoms. The number of ether oxygens (including phenoxy) is 2. The van der Waals surface area contributed by atoms with E-state index < -0.39 is 16.3 Å². The van der Waals surface area contributed by atoms with E-state index in [0.717, 1.165) is 37.8 Å². The van der Waals surface area contributed by atoms with Crippen LogP contribution in [0, 0.1) is 0 Å². The molecule has 0 atom stereocenters. The summed E-state index contributed by atoms with van der Waals surface area (Å²) in [5, 5.41) is 0. The van der Waals surface area contributed by atoms with Crippen LogP contribution in [0.15, 0.2) is 29.2 Å². The zero-order valence-electron chi connectivity index (χ0n) is 12.2. The number of rotatable bonds is 7. The summed E-state index contributed by atoms with van der Waals surface area (Å²) < 4.78 is 41.8.